The van der Waals surface area contributed by atoms with Gasteiger partial charge in [0, 0.05) is 5.56 Å². The molecular weight excluding hydrogens is 278 g/mol. The number of benzene rings is 2. The highest BCUT2D eigenvalue weighted by molar-refractivity contribution is 7.80. The lowest BCUT2D eigenvalue weighted by Crippen LogP contribution is -2.10. The lowest BCUT2D eigenvalue weighted by atomic mass is 9.98. The van der Waals surface area contributed by atoms with E-state index >= 15 is 0 Å². The third kappa shape index (κ3) is 3.61. The van der Waals surface area contributed by atoms with Crippen LogP contribution >= 0.6 is 12.2 Å². The lowest BCUT2D eigenvalue weighted by Gasteiger charge is -2.13. The molecule has 3 heteroatoms. The zero-order chi connectivity index (χ0) is 15.6. The Bertz CT molecular complexity index is 677. The summed E-state index contributed by atoms with van der Waals surface area (Å²) in [4.78, 5) is 0.413. The van der Waals surface area contributed by atoms with Gasteiger partial charge in [-0.25, -0.2) is 0 Å². The van der Waals surface area contributed by atoms with E-state index in [2.05, 4.69) is 32.9 Å². The summed E-state index contributed by atoms with van der Waals surface area (Å²) in [5.74, 6) is 2.16. The molecule has 0 saturated heterocycles. The van der Waals surface area contributed by atoms with Gasteiger partial charge >= 0.3 is 0 Å². The first-order valence-electron chi connectivity index (χ1n) is 7.07. The normalized spacial score (nSPS) is 10.7. The van der Waals surface area contributed by atoms with Crippen molar-refractivity contribution in [3.63, 3.8) is 0 Å². The van der Waals surface area contributed by atoms with Crippen LogP contribution in [-0.4, -0.2) is 4.99 Å². The zero-order valence-electron chi connectivity index (χ0n) is 12.9. The van der Waals surface area contributed by atoms with Gasteiger partial charge in [-0.1, -0.05) is 32.1 Å². The Hall–Kier alpha value is -1.87. The van der Waals surface area contributed by atoms with Crippen molar-refractivity contribution in [2.75, 3.05) is 0 Å². The summed E-state index contributed by atoms with van der Waals surface area (Å²) in [5, 5.41) is 0. The Kier molecular flexibility index (Phi) is 4.63. The van der Waals surface area contributed by atoms with Gasteiger partial charge in [0.05, 0.1) is 0 Å². The van der Waals surface area contributed by atoms with E-state index in [1.807, 2.05) is 31.2 Å². The van der Waals surface area contributed by atoms with E-state index in [4.69, 9.17) is 22.7 Å². The lowest BCUT2D eigenvalue weighted by molar-refractivity contribution is 0.481. The van der Waals surface area contributed by atoms with Crippen molar-refractivity contribution in [1.82, 2.24) is 0 Å². The first kappa shape index (κ1) is 15.5. The summed E-state index contributed by atoms with van der Waals surface area (Å²) in [6.07, 6.45) is 0. The van der Waals surface area contributed by atoms with Gasteiger partial charge in [0.1, 0.15) is 16.5 Å². The molecule has 0 heterocycles. The van der Waals surface area contributed by atoms with Crippen molar-refractivity contribution in [2.45, 2.75) is 33.6 Å². The molecule has 0 spiro atoms. The van der Waals surface area contributed by atoms with E-state index in [1.165, 1.54) is 11.1 Å². The molecule has 0 saturated carbocycles. The predicted molar refractivity (Wildman–Crippen MR) is 92.4 cm³/mol. The first-order valence-corrected chi connectivity index (χ1v) is 7.48. The monoisotopic (exact) mass is 299 g/mol. The van der Waals surface area contributed by atoms with Crippen LogP contribution < -0.4 is 10.5 Å². The highest BCUT2D eigenvalue weighted by Crippen LogP contribution is 2.28. The molecule has 2 nitrogen and oxygen atoms in total. The fourth-order valence-corrected chi connectivity index (χ4v) is 2.70. The van der Waals surface area contributed by atoms with Gasteiger partial charge in [-0.05, 0) is 66.8 Å². The number of rotatable bonds is 4. The quantitative estimate of drug-likeness (QED) is 0.819. The Morgan fingerprint density at radius 3 is 2.05 bits per heavy atom. The minimum atomic E-state index is 0.413. The zero-order valence-corrected chi connectivity index (χ0v) is 13.8. The van der Waals surface area contributed by atoms with Crippen LogP contribution in [0, 0.1) is 13.8 Å². The van der Waals surface area contributed by atoms with Gasteiger partial charge in [0.2, 0.25) is 0 Å². The van der Waals surface area contributed by atoms with Crippen LogP contribution in [0.4, 0.5) is 0 Å². The maximum absolute atomic E-state index is 5.93. The molecule has 2 aromatic rings. The summed E-state index contributed by atoms with van der Waals surface area (Å²) >= 11 is 5.02. The van der Waals surface area contributed by atoms with E-state index in [1.54, 1.807) is 0 Å². The second kappa shape index (κ2) is 6.27. The second-order valence-corrected chi connectivity index (χ2v) is 6.06. The summed E-state index contributed by atoms with van der Waals surface area (Å²) < 4.78 is 5.93. The van der Waals surface area contributed by atoms with Gasteiger partial charge in [0.15, 0.2) is 0 Å². The summed E-state index contributed by atoms with van der Waals surface area (Å²) in [6.45, 7) is 8.49. The summed E-state index contributed by atoms with van der Waals surface area (Å²) in [7, 11) is 0. The van der Waals surface area contributed by atoms with E-state index in [-0.39, 0.29) is 0 Å². The Morgan fingerprint density at radius 1 is 1.00 bits per heavy atom. The van der Waals surface area contributed by atoms with Crippen molar-refractivity contribution in [2.24, 2.45) is 5.73 Å². The summed E-state index contributed by atoms with van der Waals surface area (Å²) in [5.41, 5.74) is 10.2. The van der Waals surface area contributed by atoms with Gasteiger partial charge < -0.3 is 10.5 Å². The topological polar surface area (TPSA) is 35.2 Å². The number of nitrogens with two attached hydrogens (primary N) is 1. The molecule has 0 amide bonds. The predicted octanol–water partition coefficient (Wildman–Crippen LogP) is 4.85. The molecule has 0 aromatic heterocycles. The molecule has 0 bridgehead atoms. The molecule has 2 rings (SSSR count). The maximum atomic E-state index is 5.93. The Morgan fingerprint density at radius 2 is 1.57 bits per heavy atom. The SMILES string of the molecule is Cc1cc(Oc2ccc(C(C)C)c(C)c2)ccc1C(N)=S. The molecule has 0 aliphatic heterocycles. The fraction of sp³-hybridized carbons (Fsp3) is 0.278. The van der Waals surface area contributed by atoms with Gasteiger partial charge in [-0.15, -0.1) is 0 Å². The molecule has 0 aliphatic rings. The van der Waals surface area contributed by atoms with Crippen LogP contribution in [0.1, 0.15) is 42.0 Å². The number of thiocarbonyl (C=S) groups is 1. The van der Waals surface area contributed by atoms with Crippen molar-refractivity contribution in [3.8, 4) is 11.5 Å². The van der Waals surface area contributed by atoms with E-state index in [0.29, 0.717) is 10.9 Å². The van der Waals surface area contributed by atoms with Crippen LogP contribution in [0.5, 0.6) is 11.5 Å². The van der Waals surface area contributed by atoms with Crippen molar-refractivity contribution >= 4 is 17.2 Å². The molecule has 0 unspecified atom stereocenters. The molecule has 2 aromatic carbocycles. The molecule has 0 aliphatic carbocycles. The minimum Gasteiger partial charge on any atom is -0.457 e. The third-order valence-corrected chi connectivity index (χ3v) is 3.78. The molecule has 110 valence electrons. The highest BCUT2D eigenvalue weighted by atomic mass is 32.1. The van der Waals surface area contributed by atoms with Crippen LogP contribution in [0.3, 0.4) is 0 Å². The number of ether oxygens (including phenoxy) is 1. The average Bonchev–Trinajstić information content (AvgIpc) is 2.37. The van der Waals surface area contributed by atoms with Gasteiger partial charge in [-0.3, -0.25) is 0 Å². The fourth-order valence-electron chi connectivity index (χ4n) is 2.47. The summed E-state index contributed by atoms with van der Waals surface area (Å²) in [6, 6.07) is 12.0. The third-order valence-electron chi connectivity index (χ3n) is 3.56. The van der Waals surface area contributed by atoms with Gasteiger partial charge in [-0.2, -0.15) is 0 Å². The van der Waals surface area contributed by atoms with Crippen molar-refractivity contribution in [1.29, 1.82) is 0 Å². The van der Waals surface area contributed by atoms with Crippen molar-refractivity contribution in [3.05, 3.63) is 58.7 Å². The highest BCUT2D eigenvalue weighted by Gasteiger charge is 2.07. The Balaban J connectivity index is 2.24. The van der Waals surface area contributed by atoms with Crippen LogP contribution in [0.2, 0.25) is 0 Å². The van der Waals surface area contributed by atoms with Crippen LogP contribution in [-0.2, 0) is 0 Å². The standard InChI is InChI=1S/C18H21NOS/c1-11(2)16-7-5-14(9-12(16)3)20-15-6-8-17(18(19)21)13(4)10-15/h5-11H,1-4H3,(H2,19,21). The van der Waals surface area contributed by atoms with E-state index in [0.717, 1.165) is 22.6 Å². The molecule has 0 radical (unpaired) electrons. The van der Waals surface area contributed by atoms with Crippen molar-refractivity contribution < 1.29 is 4.74 Å². The van der Waals surface area contributed by atoms with Crippen LogP contribution in [0.15, 0.2) is 36.4 Å². The van der Waals surface area contributed by atoms with E-state index < -0.39 is 0 Å². The average molecular weight is 299 g/mol. The maximum Gasteiger partial charge on any atom is 0.127 e. The largest absolute Gasteiger partial charge is 0.457 e. The number of aryl methyl sites for hydroxylation is 2. The minimum absolute atomic E-state index is 0.413. The molecule has 2 N–H and O–H groups in total. The van der Waals surface area contributed by atoms with E-state index in [9.17, 15) is 0 Å². The smallest absolute Gasteiger partial charge is 0.127 e. The van der Waals surface area contributed by atoms with Gasteiger partial charge in [0.25, 0.3) is 0 Å². The molecule has 0 atom stereocenters. The molecular formula is C18H21NOS. The second-order valence-electron chi connectivity index (χ2n) is 5.62. The molecule has 21 heavy (non-hydrogen) atoms. The number of hydrogen-bond acceptors (Lipinski definition) is 2. The van der Waals surface area contributed by atoms with Crippen LogP contribution in [0.25, 0.3) is 0 Å². The number of hydrogen-bond donors (Lipinski definition) is 1. The first-order chi connectivity index (χ1) is 9.88. The molecule has 0 fully saturated rings. The Labute approximate surface area is 131 Å².